The molecule has 4 rings (SSSR count). The van der Waals surface area contributed by atoms with Gasteiger partial charge in [-0.15, -0.1) is 0 Å². The van der Waals surface area contributed by atoms with E-state index in [0.29, 0.717) is 13.1 Å². The second-order valence-electron chi connectivity index (χ2n) is 8.52. The molecule has 2 saturated heterocycles. The van der Waals surface area contributed by atoms with Gasteiger partial charge in [-0.2, -0.15) is 0 Å². The van der Waals surface area contributed by atoms with Crippen LogP contribution in [0.25, 0.3) is 0 Å². The van der Waals surface area contributed by atoms with Gasteiger partial charge >= 0.3 is 0 Å². The maximum Gasteiger partial charge on any atom is 0.275 e. The van der Waals surface area contributed by atoms with Crippen molar-refractivity contribution in [2.75, 3.05) is 63.9 Å². The Kier molecular flexibility index (Phi) is 7.51. The third-order valence-corrected chi connectivity index (χ3v) is 6.24. The average Bonchev–Trinajstić information content (AvgIpc) is 2.80. The minimum Gasteiger partial charge on any atom is -0.370 e. The van der Waals surface area contributed by atoms with Gasteiger partial charge in [-0.25, -0.2) is 4.39 Å². The van der Waals surface area contributed by atoms with Gasteiger partial charge < -0.3 is 24.8 Å². The lowest BCUT2D eigenvalue weighted by Crippen LogP contribution is -3.15. The molecule has 2 aliphatic heterocycles. The fourth-order valence-corrected chi connectivity index (χ4v) is 4.30. The maximum atomic E-state index is 13.1. The number of piperazine rings is 1. The number of amides is 1. The van der Waals surface area contributed by atoms with Crippen molar-refractivity contribution in [3.63, 3.8) is 0 Å². The molecule has 2 aromatic carbocycles. The van der Waals surface area contributed by atoms with Crippen molar-refractivity contribution in [1.82, 2.24) is 5.32 Å². The van der Waals surface area contributed by atoms with E-state index in [9.17, 15) is 9.18 Å². The van der Waals surface area contributed by atoms with E-state index >= 15 is 0 Å². The maximum absolute atomic E-state index is 13.1. The average molecular weight is 429 g/mol. The largest absolute Gasteiger partial charge is 0.370 e. The molecule has 166 valence electrons. The molecular formula is C24H33FN4O2+2. The third-order valence-electron chi connectivity index (χ3n) is 6.24. The lowest BCUT2D eigenvalue weighted by Gasteiger charge is -2.33. The highest BCUT2D eigenvalue weighted by atomic mass is 19.1. The fraction of sp³-hybridized carbons (Fsp3) is 0.458. The summed E-state index contributed by atoms with van der Waals surface area (Å²) >= 11 is 0. The Bertz CT molecular complexity index is 830. The number of morpholine rings is 1. The zero-order valence-corrected chi connectivity index (χ0v) is 18.0. The summed E-state index contributed by atoms with van der Waals surface area (Å²) in [6, 6.07) is 15.2. The molecule has 7 heteroatoms. The van der Waals surface area contributed by atoms with Crippen molar-refractivity contribution in [3.8, 4) is 0 Å². The summed E-state index contributed by atoms with van der Waals surface area (Å²) in [7, 11) is 0. The summed E-state index contributed by atoms with van der Waals surface area (Å²) < 4.78 is 18.5. The van der Waals surface area contributed by atoms with Gasteiger partial charge in [0.25, 0.3) is 5.91 Å². The summed E-state index contributed by atoms with van der Waals surface area (Å²) in [5.41, 5.74) is 3.50. The topological polar surface area (TPSA) is 50.5 Å². The number of carbonyl (C=O) groups is 1. The van der Waals surface area contributed by atoms with Gasteiger partial charge in [0.05, 0.1) is 39.4 Å². The summed E-state index contributed by atoms with van der Waals surface area (Å²) in [6.45, 7) is 9.49. The Morgan fingerprint density at radius 3 is 2.23 bits per heavy atom. The number of hydrogen-bond donors (Lipinski definition) is 3. The molecule has 31 heavy (non-hydrogen) atoms. The molecule has 2 heterocycles. The van der Waals surface area contributed by atoms with E-state index in [1.807, 2.05) is 12.1 Å². The van der Waals surface area contributed by atoms with Gasteiger partial charge in [-0.3, -0.25) is 4.79 Å². The highest BCUT2D eigenvalue weighted by molar-refractivity contribution is 5.76. The van der Waals surface area contributed by atoms with Crippen LogP contribution in [0.5, 0.6) is 0 Å². The van der Waals surface area contributed by atoms with Crippen molar-refractivity contribution in [3.05, 3.63) is 65.5 Å². The van der Waals surface area contributed by atoms with Crippen LogP contribution in [0.15, 0.2) is 48.5 Å². The number of halogens is 1. The van der Waals surface area contributed by atoms with E-state index in [4.69, 9.17) is 4.74 Å². The minimum absolute atomic E-state index is 0.0899. The van der Waals surface area contributed by atoms with Gasteiger partial charge in [0.1, 0.15) is 25.5 Å². The molecule has 0 unspecified atom stereocenters. The van der Waals surface area contributed by atoms with Crippen LogP contribution in [0.1, 0.15) is 11.1 Å². The number of ether oxygens (including phenoxy) is 1. The smallest absolute Gasteiger partial charge is 0.275 e. The molecule has 0 spiro atoms. The first-order valence-electron chi connectivity index (χ1n) is 11.3. The Morgan fingerprint density at radius 2 is 1.55 bits per heavy atom. The van der Waals surface area contributed by atoms with E-state index in [0.717, 1.165) is 70.3 Å². The summed E-state index contributed by atoms with van der Waals surface area (Å²) in [5, 5.41) is 3.06. The predicted octanol–water partition coefficient (Wildman–Crippen LogP) is -0.738. The number of quaternary nitrogens is 2. The molecule has 2 aliphatic rings. The van der Waals surface area contributed by atoms with Gasteiger partial charge in [0.2, 0.25) is 0 Å². The van der Waals surface area contributed by atoms with Gasteiger partial charge in [-0.05, 0) is 29.8 Å². The first-order chi connectivity index (χ1) is 15.2. The van der Waals surface area contributed by atoms with Crippen LogP contribution >= 0.6 is 0 Å². The lowest BCUT2D eigenvalue weighted by atomic mass is 10.1. The predicted molar refractivity (Wildman–Crippen MR) is 118 cm³/mol. The molecule has 2 aromatic rings. The Balaban J connectivity index is 1.16. The van der Waals surface area contributed by atoms with E-state index in [2.05, 4.69) is 34.5 Å². The van der Waals surface area contributed by atoms with Crippen molar-refractivity contribution < 1.29 is 23.7 Å². The van der Waals surface area contributed by atoms with Crippen molar-refractivity contribution in [2.45, 2.75) is 13.1 Å². The van der Waals surface area contributed by atoms with Gasteiger partial charge in [0.15, 0.2) is 6.54 Å². The summed E-state index contributed by atoms with van der Waals surface area (Å²) in [6.07, 6.45) is 0. The molecule has 0 radical (unpaired) electrons. The molecule has 0 aromatic heterocycles. The van der Waals surface area contributed by atoms with Gasteiger partial charge in [0, 0.05) is 17.8 Å². The molecular weight excluding hydrogens is 395 g/mol. The first-order valence-corrected chi connectivity index (χ1v) is 11.3. The van der Waals surface area contributed by atoms with E-state index in [1.54, 1.807) is 4.90 Å². The molecule has 0 atom stereocenters. The van der Waals surface area contributed by atoms with Crippen LogP contribution in [0.3, 0.4) is 0 Å². The molecule has 2 fully saturated rings. The van der Waals surface area contributed by atoms with E-state index in [1.165, 1.54) is 22.6 Å². The van der Waals surface area contributed by atoms with Crippen LogP contribution < -0.4 is 20.0 Å². The first kappa shape index (κ1) is 21.7. The highest BCUT2D eigenvalue weighted by Crippen LogP contribution is 2.14. The highest BCUT2D eigenvalue weighted by Gasteiger charge is 2.22. The van der Waals surface area contributed by atoms with E-state index in [-0.39, 0.29) is 11.7 Å². The number of anilines is 1. The minimum atomic E-state index is -0.211. The fourth-order valence-electron chi connectivity index (χ4n) is 4.30. The Hall–Kier alpha value is -2.48. The van der Waals surface area contributed by atoms with Gasteiger partial charge in [-0.1, -0.05) is 24.3 Å². The SMILES string of the molecule is O=C(C[NH+]1CCN(c2ccc(F)cc2)CC1)NCc1ccc(C[NH+]2CCOCC2)cc1. The Morgan fingerprint density at radius 1 is 0.903 bits per heavy atom. The second kappa shape index (κ2) is 10.7. The normalized spacial score (nSPS) is 18.2. The van der Waals surface area contributed by atoms with Crippen molar-refractivity contribution in [1.29, 1.82) is 0 Å². The monoisotopic (exact) mass is 428 g/mol. The number of benzene rings is 2. The zero-order chi connectivity index (χ0) is 21.5. The summed E-state index contributed by atoms with van der Waals surface area (Å²) in [4.78, 5) is 17.5. The van der Waals surface area contributed by atoms with Crippen LogP contribution in [0.2, 0.25) is 0 Å². The number of nitrogens with one attached hydrogen (secondary N) is 3. The van der Waals surface area contributed by atoms with Crippen LogP contribution in [0.4, 0.5) is 10.1 Å². The number of hydrogen-bond acceptors (Lipinski definition) is 3. The van der Waals surface area contributed by atoms with Crippen molar-refractivity contribution >= 4 is 11.6 Å². The molecule has 6 nitrogen and oxygen atoms in total. The number of rotatable bonds is 7. The molecule has 3 N–H and O–H groups in total. The standard InChI is InChI=1S/C24H31FN4O2/c25-22-5-7-23(8-6-22)29-11-9-27(10-12-29)19-24(30)26-17-20-1-3-21(4-2-20)18-28-13-15-31-16-14-28/h1-8H,9-19H2,(H,26,30)/p+2. The van der Waals surface area contributed by atoms with Crippen LogP contribution in [0, 0.1) is 5.82 Å². The third kappa shape index (κ3) is 6.50. The van der Waals surface area contributed by atoms with E-state index < -0.39 is 0 Å². The molecule has 0 aliphatic carbocycles. The van der Waals surface area contributed by atoms with Crippen LogP contribution in [-0.4, -0.2) is 64.9 Å². The zero-order valence-electron chi connectivity index (χ0n) is 18.0. The van der Waals surface area contributed by atoms with Crippen LogP contribution in [-0.2, 0) is 22.6 Å². The molecule has 1 amide bonds. The second-order valence-corrected chi connectivity index (χ2v) is 8.52. The van der Waals surface area contributed by atoms with Crippen molar-refractivity contribution in [2.24, 2.45) is 0 Å². The quantitative estimate of drug-likeness (QED) is 0.545. The molecule has 0 saturated carbocycles. The Labute approximate surface area is 183 Å². The number of nitrogens with zero attached hydrogens (tertiary/aromatic N) is 1. The summed E-state index contributed by atoms with van der Waals surface area (Å²) in [5.74, 6) is -0.121. The lowest BCUT2D eigenvalue weighted by molar-refractivity contribution is -0.921. The number of carbonyl (C=O) groups excluding carboxylic acids is 1. The molecule has 0 bridgehead atoms.